The highest BCUT2D eigenvalue weighted by molar-refractivity contribution is 9.10. The molecular weight excluding hydrogens is 301 g/mol. The summed E-state index contributed by atoms with van der Waals surface area (Å²) in [6, 6.07) is 9.59. The SMILES string of the molecule is NCC(c1ccccc1F)C(O)c1ccc(Br)o1. The average Bonchev–Trinajstić information content (AvgIpc) is 2.79. The molecule has 0 saturated heterocycles. The summed E-state index contributed by atoms with van der Waals surface area (Å²) in [6.07, 6.45) is -0.974. The van der Waals surface area contributed by atoms with Gasteiger partial charge in [-0.3, -0.25) is 0 Å². The van der Waals surface area contributed by atoms with Crippen LogP contribution in [0.1, 0.15) is 23.3 Å². The van der Waals surface area contributed by atoms with Gasteiger partial charge in [-0.2, -0.15) is 0 Å². The molecule has 1 aromatic carbocycles. The predicted molar refractivity (Wildman–Crippen MR) is 69.6 cm³/mol. The highest BCUT2D eigenvalue weighted by atomic mass is 79.9. The number of nitrogens with two attached hydrogens (primary N) is 1. The summed E-state index contributed by atoms with van der Waals surface area (Å²) in [5, 5.41) is 10.2. The Bertz CT molecular complexity index is 529. The number of aliphatic hydroxyl groups excluding tert-OH is 1. The zero-order chi connectivity index (χ0) is 13.1. The summed E-state index contributed by atoms with van der Waals surface area (Å²) < 4.78 is 19.5. The molecule has 5 heteroatoms. The standard InChI is InChI=1S/C13H13BrFNO2/c14-12-6-5-11(18-12)13(17)9(7-16)8-3-1-2-4-10(8)15/h1-6,9,13,17H,7,16H2. The van der Waals surface area contributed by atoms with Crippen LogP contribution in [0.2, 0.25) is 0 Å². The van der Waals surface area contributed by atoms with Gasteiger partial charge in [0.25, 0.3) is 0 Å². The van der Waals surface area contributed by atoms with Crippen molar-refractivity contribution in [2.45, 2.75) is 12.0 Å². The van der Waals surface area contributed by atoms with Crippen molar-refractivity contribution in [2.24, 2.45) is 5.73 Å². The third-order valence-electron chi connectivity index (χ3n) is 2.83. The minimum absolute atomic E-state index is 0.125. The molecule has 2 unspecified atom stereocenters. The van der Waals surface area contributed by atoms with Gasteiger partial charge >= 0.3 is 0 Å². The van der Waals surface area contributed by atoms with E-state index in [1.54, 1.807) is 30.3 Å². The zero-order valence-corrected chi connectivity index (χ0v) is 11.1. The van der Waals surface area contributed by atoms with E-state index in [4.69, 9.17) is 10.2 Å². The van der Waals surface area contributed by atoms with E-state index in [2.05, 4.69) is 15.9 Å². The Morgan fingerprint density at radius 3 is 2.56 bits per heavy atom. The van der Waals surface area contributed by atoms with Crippen molar-refractivity contribution in [3.8, 4) is 0 Å². The van der Waals surface area contributed by atoms with Crippen LogP contribution >= 0.6 is 15.9 Å². The van der Waals surface area contributed by atoms with Crippen LogP contribution in [-0.2, 0) is 0 Å². The Hall–Kier alpha value is -1.17. The molecule has 0 fully saturated rings. The molecule has 0 aliphatic heterocycles. The molecular formula is C13H13BrFNO2. The number of benzene rings is 1. The lowest BCUT2D eigenvalue weighted by molar-refractivity contribution is 0.119. The van der Waals surface area contributed by atoms with Crippen molar-refractivity contribution in [1.29, 1.82) is 0 Å². The van der Waals surface area contributed by atoms with Crippen LogP contribution < -0.4 is 5.73 Å². The molecule has 0 amide bonds. The first-order chi connectivity index (χ1) is 8.63. The second-order valence-corrected chi connectivity index (χ2v) is 4.73. The van der Waals surface area contributed by atoms with Gasteiger partial charge in [0.05, 0.1) is 0 Å². The second kappa shape index (κ2) is 5.65. The first-order valence-electron chi connectivity index (χ1n) is 5.51. The lowest BCUT2D eigenvalue weighted by Crippen LogP contribution is -2.20. The molecule has 0 aliphatic carbocycles. The van der Waals surface area contributed by atoms with E-state index in [0.29, 0.717) is 16.0 Å². The van der Waals surface area contributed by atoms with Crippen LogP contribution in [0, 0.1) is 5.82 Å². The molecule has 2 aromatic rings. The number of rotatable bonds is 4. The van der Waals surface area contributed by atoms with Gasteiger partial charge in [0.2, 0.25) is 0 Å². The Morgan fingerprint density at radius 2 is 2.00 bits per heavy atom. The fourth-order valence-electron chi connectivity index (χ4n) is 1.89. The third kappa shape index (κ3) is 2.63. The summed E-state index contributed by atoms with van der Waals surface area (Å²) in [6.45, 7) is 0.125. The lowest BCUT2D eigenvalue weighted by atomic mass is 9.91. The van der Waals surface area contributed by atoms with Crippen LogP contribution in [0.25, 0.3) is 0 Å². The maximum Gasteiger partial charge on any atom is 0.169 e. The monoisotopic (exact) mass is 313 g/mol. The predicted octanol–water partition coefficient (Wildman–Crippen LogP) is 2.96. The molecule has 2 rings (SSSR count). The summed E-state index contributed by atoms with van der Waals surface area (Å²) >= 11 is 3.16. The molecule has 0 radical (unpaired) electrons. The fourth-order valence-corrected chi connectivity index (χ4v) is 2.21. The maximum atomic E-state index is 13.7. The molecule has 0 aliphatic rings. The Kier molecular flexibility index (Phi) is 4.16. The quantitative estimate of drug-likeness (QED) is 0.912. The highest BCUT2D eigenvalue weighted by Gasteiger charge is 2.26. The first kappa shape index (κ1) is 13.3. The van der Waals surface area contributed by atoms with Crippen LogP contribution in [0.3, 0.4) is 0 Å². The van der Waals surface area contributed by atoms with E-state index in [-0.39, 0.29) is 12.4 Å². The van der Waals surface area contributed by atoms with Gasteiger partial charge in [0.1, 0.15) is 17.7 Å². The molecule has 1 heterocycles. The summed E-state index contributed by atoms with van der Waals surface area (Å²) in [5.74, 6) is -0.553. The van der Waals surface area contributed by atoms with Gasteiger partial charge in [0, 0.05) is 12.5 Å². The van der Waals surface area contributed by atoms with Crippen LogP contribution in [0.5, 0.6) is 0 Å². The Labute approximate surface area is 113 Å². The zero-order valence-electron chi connectivity index (χ0n) is 9.51. The number of halogens is 2. The highest BCUT2D eigenvalue weighted by Crippen LogP contribution is 2.33. The Morgan fingerprint density at radius 1 is 1.28 bits per heavy atom. The number of hydrogen-bond donors (Lipinski definition) is 2. The van der Waals surface area contributed by atoms with Crippen LogP contribution in [0.4, 0.5) is 4.39 Å². The molecule has 2 atom stereocenters. The molecule has 0 saturated carbocycles. The molecule has 3 nitrogen and oxygen atoms in total. The molecule has 0 spiro atoms. The minimum atomic E-state index is -0.974. The van der Waals surface area contributed by atoms with Crippen molar-refractivity contribution in [3.63, 3.8) is 0 Å². The summed E-state index contributed by atoms with van der Waals surface area (Å²) in [4.78, 5) is 0. The van der Waals surface area contributed by atoms with Crippen LogP contribution in [-0.4, -0.2) is 11.7 Å². The van der Waals surface area contributed by atoms with E-state index in [0.717, 1.165) is 0 Å². The lowest BCUT2D eigenvalue weighted by Gasteiger charge is -2.20. The number of furan rings is 1. The van der Waals surface area contributed by atoms with Gasteiger partial charge in [-0.15, -0.1) is 0 Å². The topological polar surface area (TPSA) is 59.4 Å². The van der Waals surface area contributed by atoms with Crippen molar-refractivity contribution in [1.82, 2.24) is 0 Å². The van der Waals surface area contributed by atoms with Gasteiger partial charge < -0.3 is 15.3 Å². The summed E-state index contributed by atoms with van der Waals surface area (Å²) in [7, 11) is 0. The minimum Gasteiger partial charge on any atom is -0.452 e. The van der Waals surface area contributed by atoms with Crippen molar-refractivity contribution >= 4 is 15.9 Å². The summed E-state index contributed by atoms with van der Waals surface area (Å²) in [5.41, 5.74) is 6.03. The molecule has 1 aromatic heterocycles. The second-order valence-electron chi connectivity index (χ2n) is 3.95. The average molecular weight is 314 g/mol. The van der Waals surface area contributed by atoms with E-state index >= 15 is 0 Å². The van der Waals surface area contributed by atoms with Crippen molar-refractivity contribution < 1.29 is 13.9 Å². The van der Waals surface area contributed by atoms with E-state index < -0.39 is 12.0 Å². The van der Waals surface area contributed by atoms with Gasteiger partial charge in [-0.1, -0.05) is 18.2 Å². The third-order valence-corrected chi connectivity index (χ3v) is 3.25. The molecule has 0 bridgehead atoms. The van der Waals surface area contributed by atoms with Crippen molar-refractivity contribution in [2.75, 3.05) is 6.54 Å². The smallest absolute Gasteiger partial charge is 0.169 e. The van der Waals surface area contributed by atoms with Gasteiger partial charge in [0.15, 0.2) is 4.67 Å². The van der Waals surface area contributed by atoms with E-state index in [1.165, 1.54) is 6.07 Å². The normalized spacial score (nSPS) is 14.4. The van der Waals surface area contributed by atoms with E-state index in [1.807, 2.05) is 0 Å². The largest absolute Gasteiger partial charge is 0.452 e. The molecule has 18 heavy (non-hydrogen) atoms. The first-order valence-corrected chi connectivity index (χ1v) is 6.30. The maximum absolute atomic E-state index is 13.7. The fraction of sp³-hybridized carbons (Fsp3) is 0.231. The van der Waals surface area contributed by atoms with Gasteiger partial charge in [-0.05, 0) is 39.7 Å². The van der Waals surface area contributed by atoms with E-state index in [9.17, 15) is 9.50 Å². The van der Waals surface area contributed by atoms with Crippen molar-refractivity contribution in [3.05, 3.63) is 58.2 Å². The van der Waals surface area contributed by atoms with Gasteiger partial charge in [-0.25, -0.2) is 4.39 Å². The number of hydrogen-bond acceptors (Lipinski definition) is 3. The number of aliphatic hydroxyl groups is 1. The molecule has 96 valence electrons. The van der Waals surface area contributed by atoms with Crippen LogP contribution in [0.15, 0.2) is 45.5 Å². The Balaban J connectivity index is 2.32. The molecule has 3 N–H and O–H groups in total.